The fourth-order valence-corrected chi connectivity index (χ4v) is 4.94. The topological polar surface area (TPSA) is 109 Å². The van der Waals surface area contributed by atoms with Gasteiger partial charge in [0.25, 0.3) is 0 Å². The van der Waals surface area contributed by atoms with Crippen LogP contribution in [0.5, 0.6) is 5.75 Å². The molecule has 0 aliphatic carbocycles. The van der Waals surface area contributed by atoms with Crippen molar-refractivity contribution in [2.45, 2.75) is 38.2 Å². The number of nitrogens with zero attached hydrogens (tertiary/aromatic N) is 4. The molecule has 180 valence electrons. The van der Waals surface area contributed by atoms with Crippen LogP contribution in [0.4, 0.5) is 0 Å². The van der Waals surface area contributed by atoms with Gasteiger partial charge in [0.2, 0.25) is 0 Å². The van der Waals surface area contributed by atoms with Crippen LogP contribution >= 0.6 is 0 Å². The van der Waals surface area contributed by atoms with Crippen LogP contribution in [0.1, 0.15) is 43.0 Å². The molecule has 1 aliphatic heterocycles. The number of benzene rings is 1. The lowest BCUT2D eigenvalue weighted by Crippen LogP contribution is -2.44. The minimum atomic E-state index is -0.751. The Kier molecular flexibility index (Phi) is 8.03. The maximum absolute atomic E-state index is 12.0. The Hall–Kier alpha value is -3.10. The summed E-state index contributed by atoms with van der Waals surface area (Å²) in [5, 5.41) is 21.7. The van der Waals surface area contributed by atoms with Crippen molar-refractivity contribution in [2.75, 3.05) is 26.7 Å². The van der Waals surface area contributed by atoms with Crippen LogP contribution in [0.15, 0.2) is 49.1 Å². The van der Waals surface area contributed by atoms with Gasteiger partial charge < -0.3 is 19.8 Å². The predicted octanol–water partition coefficient (Wildman–Crippen LogP) is 3.50. The number of piperidine rings is 1. The van der Waals surface area contributed by atoms with Crippen molar-refractivity contribution in [3.05, 3.63) is 60.3 Å². The SMILES string of the molecule is COc1ccc2nccc([C@@H](O)CC[C@@H]3CCN(CCCc4ccncn4)C[C@@H]3C(=O)O)c2c1. The lowest BCUT2D eigenvalue weighted by atomic mass is 9.81. The molecule has 1 aliphatic rings. The Morgan fingerprint density at radius 3 is 2.88 bits per heavy atom. The van der Waals surface area contributed by atoms with E-state index in [1.165, 1.54) is 0 Å². The zero-order chi connectivity index (χ0) is 23.9. The summed E-state index contributed by atoms with van der Waals surface area (Å²) in [7, 11) is 1.61. The van der Waals surface area contributed by atoms with Gasteiger partial charge in [0.05, 0.1) is 24.6 Å². The number of rotatable bonds is 10. The van der Waals surface area contributed by atoms with Gasteiger partial charge in [0, 0.05) is 30.0 Å². The first-order valence-electron chi connectivity index (χ1n) is 11.9. The van der Waals surface area contributed by atoms with E-state index in [0.29, 0.717) is 25.1 Å². The fraction of sp³-hybridized carbons (Fsp3) is 0.462. The second kappa shape index (κ2) is 11.4. The van der Waals surface area contributed by atoms with E-state index in [0.717, 1.165) is 54.5 Å². The number of methoxy groups -OCH3 is 1. The standard InChI is InChI=1S/C26H32N4O4/c1-34-20-5-6-24-22(15-20)21(9-12-28-24)25(31)7-4-18-10-14-30(16-23(18)26(32)33)13-2-3-19-8-11-27-17-29-19/h5-6,8-9,11-12,15,17-18,23,25,31H,2-4,7,10,13-14,16H2,1H3,(H,32,33)/t18-,23+,25+/m1/s1. The van der Waals surface area contributed by atoms with Gasteiger partial charge in [-0.15, -0.1) is 0 Å². The van der Waals surface area contributed by atoms with Crippen molar-refractivity contribution in [3.8, 4) is 5.75 Å². The van der Waals surface area contributed by atoms with E-state index in [1.54, 1.807) is 25.8 Å². The molecule has 1 fully saturated rings. The number of fused-ring (bicyclic) bond motifs is 1. The molecule has 34 heavy (non-hydrogen) atoms. The average Bonchev–Trinajstić information content (AvgIpc) is 2.87. The molecule has 0 radical (unpaired) electrons. The van der Waals surface area contributed by atoms with Gasteiger partial charge in [0.15, 0.2) is 0 Å². The normalized spacial score (nSPS) is 19.7. The molecule has 8 heteroatoms. The van der Waals surface area contributed by atoms with Gasteiger partial charge in [0.1, 0.15) is 12.1 Å². The third-order valence-electron chi connectivity index (χ3n) is 6.86. The number of aliphatic hydroxyl groups excluding tert-OH is 1. The van der Waals surface area contributed by atoms with Crippen LogP contribution in [0.25, 0.3) is 10.9 Å². The number of carboxylic acid groups (broad SMARTS) is 1. The van der Waals surface area contributed by atoms with Gasteiger partial charge >= 0.3 is 5.97 Å². The monoisotopic (exact) mass is 464 g/mol. The number of likely N-dealkylation sites (tertiary alicyclic amines) is 1. The Morgan fingerprint density at radius 2 is 2.12 bits per heavy atom. The van der Waals surface area contributed by atoms with Crippen LogP contribution in [-0.2, 0) is 11.2 Å². The molecule has 3 heterocycles. The lowest BCUT2D eigenvalue weighted by molar-refractivity contribution is -0.146. The molecule has 1 aromatic carbocycles. The van der Waals surface area contributed by atoms with Crippen LogP contribution < -0.4 is 4.74 Å². The number of aryl methyl sites for hydroxylation is 1. The molecule has 8 nitrogen and oxygen atoms in total. The summed E-state index contributed by atoms with van der Waals surface area (Å²) in [5.74, 6) is -0.409. The summed E-state index contributed by atoms with van der Waals surface area (Å²) in [6.07, 6.45) is 8.12. The Bertz CT molecular complexity index is 1090. The number of carboxylic acids is 1. The first kappa shape index (κ1) is 24.0. The number of ether oxygens (including phenoxy) is 1. The Morgan fingerprint density at radius 1 is 1.24 bits per heavy atom. The molecule has 1 saturated heterocycles. The molecular formula is C26H32N4O4. The highest BCUT2D eigenvalue weighted by atomic mass is 16.5. The molecule has 4 rings (SSSR count). The van der Waals surface area contributed by atoms with Crippen molar-refractivity contribution < 1.29 is 19.7 Å². The molecule has 0 amide bonds. The predicted molar refractivity (Wildman–Crippen MR) is 129 cm³/mol. The van der Waals surface area contributed by atoms with Crippen LogP contribution in [0, 0.1) is 11.8 Å². The first-order valence-corrected chi connectivity index (χ1v) is 11.9. The quantitative estimate of drug-likeness (QED) is 0.469. The van der Waals surface area contributed by atoms with Crippen LogP contribution in [0.2, 0.25) is 0 Å². The summed E-state index contributed by atoms with van der Waals surface area (Å²) in [6, 6.07) is 9.37. The summed E-state index contributed by atoms with van der Waals surface area (Å²) in [5.41, 5.74) is 2.61. The number of aliphatic carboxylic acids is 1. The Labute approximate surface area is 199 Å². The van der Waals surface area contributed by atoms with E-state index in [-0.39, 0.29) is 5.92 Å². The number of hydrogen-bond donors (Lipinski definition) is 2. The van der Waals surface area contributed by atoms with Crippen molar-refractivity contribution >= 4 is 16.9 Å². The van der Waals surface area contributed by atoms with Gasteiger partial charge in [-0.05, 0) is 87.0 Å². The number of aliphatic hydroxyl groups is 1. The van der Waals surface area contributed by atoms with Crippen molar-refractivity contribution in [3.63, 3.8) is 0 Å². The van der Waals surface area contributed by atoms with Crippen LogP contribution in [-0.4, -0.2) is 62.8 Å². The molecule has 3 atom stereocenters. The molecule has 0 spiro atoms. The Balaban J connectivity index is 1.34. The fourth-order valence-electron chi connectivity index (χ4n) is 4.94. The third kappa shape index (κ3) is 5.87. The summed E-state index contributed by atoms with van der Waals surface area (Å²) in [4.78, 5) is 26.9. The number of aromatic nitrogens is 3. The zero-order valence-corrected chi connectivity index (χ0v) is 19.5. The molecular weight excluding hydrogens is 432 g/mol. The summed E-state index contributed by atoms with van der Waals surface area (Å²) in [6.45, 7) is 2.28. The molecule has 2 N–H and O–H groups in total. The molecule has 0 saturated carbocycles. The van der Waals surface area contributed by atoms with E-state index < -0.39 is 18.0 Å². The maximum atomic E-state index is 12.0. The van der Waals surface area contributed by atoms with E-state index in [1.807, 2.05) is 30.3 Å². The van der Waals surface area contributed by atoms with Gasteiger partial charge in [-0.2, -0.15) is 0 Å². The van der Waals surface area contributed by atoms with Crippen LogP contribution in [0.3, 0.4) is 0 Å². The second-order valence-corrected chi connectivity index (χ2v) is 8.97. The highest BCUT2D eigenvalue weighted by molar-refractivity contribution is 5.83. The first-order chi connectivity index (χ1) is 16.5. The van der Waals surface area contributed by atoms with E-state index >= 15 is 0 Å². The number of pyridine rings is 1. The molecule has 0 bridgehead atoms. The van der Waals surface area contributed by atoms with Gasteiger partial charge in [-0.25, -0.2) is 9.97 Å². The average molecular weight is 465 g/mol. The second-order valence-electron chi connectivity index (χ2n) is 8.97. The smallest absolute Gasteiger partial charge is 0.308 e. The minimum absolute atomic E-state index is 0.0490. The molecule has 0 unspecified atom stereocenters. The third-order valence-corrected chi connectivity index (χ3v) is 6.86. The number of hydrogen-bond acceptors (Lipinski definition) is 7. The molecule has 3 aromatic rings. The van der Waals surface area contributed by atoms with Crippen molar-refractivity contribution in [2.24, 2.45) is 11.8 Å². The highest BCUT2D eigenvalue weighted by Crippen LogP contribution is 2.33. The van der Waals surface area contributed by atoms with E-state index in [9.17, 15) is 15.0 Å². The minimum Gasteiger partial charge on any atom is -0.497 e. The summed E-state index contributed by atoms with van der Waals surface area (Å²) >= 11 is 0. The van der Waals surface area contributed by atoms with E-state index in [4.69, 9.17) is 4.74 Å². The largest absolute Gasteiger partial charge is 0.497 e. The van der Waals surface area contributed by atoms with E-state index in [2.05, 4.69) is 19.9 Å². The van der Waals surface area contributed by atoms with Crippen molar-refractivity contribution in [1.29, 1.82) is 0 Å². The van der Waals surface area contributed by atoms with Crippen molar-refractivity contribution in [1.82, 2.24) is 19.9 Å². The zero-order valence-electron chi connectivity index (χ0n) is 19.5. The van der Waals surface area contributed by atoms with Gasteiger partial charge in [-0.3, -0.25) is 9.78 Å². The summed E-state index contributed by atoms with van der Waals surface area (Å²) < 4.78 is 5.33. The highest BCUT2D eigenvalue weighted by Gasteiger charge is 2.34. The lowest BCUT2D eigenvalue weighted by Gasteiger charge is -2.37. The number of carbonyl (C=O) groups is 1. The molecule has 2 aromatic heterocycles. The van der Waals surface area contributed by atoms with Gasteiger partial charge in [-0.1, -0.05) is 0 Å². The maximum Gasteiger partial charge on any atom is 0.308 e.